The van der Waals surface area contributed by atoms with Crippen molar-refractivity contribution in [3.05, 3.63) is 0 Å². The highest BCUT2D eigenvalue weighted by Gasteiger charge is 2.40. The summed E-state index contributed by atoms with van der Waals surface area (Å²) in [5, 5.41) is 0. The molecule has 5 heteroatoms. The molecule has 0 aromatic heterocycles. The van der Waals surface area contributed by atoms with Crippen LogP contribution < -0.4 is 0 Å². The molecule has 0 aliphatic carbocycles. The molecular weight excluding hydrogens is 176 g/mol. The number of alkyl halides is 4. The van der Waals surface area contributed by atoms with Gasteiger partial charge in [-0.1, -0.05) is 13.8 Å². The van der Waals surface area contributed by atoms with E-state index in [9.17, 15) is 17.6 Å². The summed E-state index contributed by atoms with van der Waals surface area (Å²) in [5.74, 6) is -3.95. The van der Waals surface area contributed by atoms with Gasteiger partial charge in [-0.15, -0.1) is 0 Å². The zero-order chi connectivity index (χ0) is 9.78. The zero-order valence-electron chi connectivity index (χ0n) is 6.99. The fourth-order valence-corrected chi connectivity index (χ4v) is 0.494. The van der Waals surface area contributed by atoms with E-state index in [1.807, 2.05) is 0 Å². The number of hydrogen-bond donors (Lipinski definition) is 0. The standard InChI is InChI=1S/C7H12F4O/c1-5(2)3-12-4-7(10,11)6(8)9/h5-6H,3-4H2,1-2H3. The van der Waals surface area contributed by atoms with E-state index in [1.54, 1.807) is 13.8 Å². The summed E-state index contributed by atoms with van der Waals surface area (Å²) in [6.45, 7) is 2.37. The summed E-state index contributed by atoms with van der Waals surface area (Å²) in [5.41, 5.74) is 0. The molecule has 0 atom stereocenters. The van der Waals surface area contributed by atoms with Gasteiger partial charge in [0, 0.05) is 6.61 Å². The van der Waals surface area contributed by atoms with Crippen molar-refractivity contribution in [1.82, 2.24) is 0 Å². The van der Waals surface area contributed by atoms with Crippen LogP contribution in [0.3, 0.4) is 0 Å². The summed E-state index contributed by atoms with van der Waals surface area (Å²) < 4.78 is 51.6. The van der Waals surface area contributed by atoms with Gasteiger partial charge in [-0.2, -0.15) is 8.78 Å². The number of rotatable bonds is 5. The Balaban J connectivity index is 3.61. The fourth-order valence-electron chi connectivity index (χ4n) is 0.494. The van der Waals surface area contributed by atoms with Gasteiger partial charge in [-0.3, -0.25) is 0 Å². The Hall–Kier alpha value is -0.320. The van der Waals surface area contributed by atoms with Crippen LogP contribution in [0.2, 0.25) is 0 Å². The quantitative estimate of drug-likeness (QED) is 0.602. The Morgan fingerprint density at radius 1 is 1.25 bits per heavy atom. The number of hydrogen-bond acceptors (Lipinski definition) is 1. The van der Waals surface area contributed by atoms with Crippen molar-refractivity contribution in [3.63, 3.8) is 0 Å². The highest BCUT2D eigenvalue weighted by Crippen LogP contribution is 2.22. The lowest BCUT2D eigenvalue weighted by Gasteiger charge is -2.15. The third-order valence-electron chi connectivity index (χ3n) is 1.06. The van der Waals surface area contributed by atoms with Crippen molar-refractivity contribution in [1.29, 1.82) is 0 Å². The van der Waals surface area contributed by atoms with Crippen LogP contribution >= 0.6 is 0 Å². The van der Waals surface area contributed by atoms with Gasteiger partial charge < -0.3 is 4.74 Å². The summed E-state index contributed by atoms with van der Waals surface area (Å²) in [4.78, 5) is 0. The van der Waals surface area contributed by atoms with Crippen molar-refractivity contribution >= 4 is 0 Å². The van der Waals surface area contributed by atoms with E-state index in [0.717, 1.165) is 0 Å². The van der Waals surface area contributed by atoms with Crippen molar-refractivity contribution in [3.8, 4) is 0 Å². The predicted octanol–water partition coefficient (Wildman–Crippen LogP) is 2.56. The lowest BCUT2D eigenvalue weighted by molar-refractivity contribution is -0.167. The maximum absolute atomic E-state index is 12.1. The minimum atomic E-state index is -4.02. The molecular formula is C7H12F4O. The first kappa shape index (κ1) is 11.7. The van der Waals surface area contributed by atoms with E-state index in [2.05, 4.69) is 4.74 Å². The first-order valence-electron chi connectivity index (χ1n) is 3.60. The van der Waals surface area contributed by atoms with Crippen LogP contribution in [0.25, 0.3) is 0 Å². The van der Waals surface area contributed by atoms with Gasteiger partial charge in [0.15, 0.2) is 0 Å². The lowest BCUT2D eigenvalue weighted by atomic mass is 10.2. The summed E-state index contributed by atoms with van der Waals surface area (Å²) in [6, 6.07) is 0. The maximum Gasteiger partial charge on any atom is 0.330 e. The van der Waals surface area contributed by atoms with Crippen LogP contribution in [0.5, 0.6) is 0 Å². The monoisotopic (exact) mass is 188 g/mol. The average Bonchev–Trinajstić information content (AvgIpc) is 1.85. The molecule has 0 rings (SSSR count). The Kier molecular flexibility index (Phi) is 4.52. The first-order chi connectivity index (χ1) is 5.36. The molecule has 74 valence electrons. The summed E-state index contributed by atoms with van der Waals surface area (Å²) in [6.07, 6.45) is -3.65. The largest absolute Gasteiger partial charge is 0.375 e. The Labute approximate surface area is 68.7 Å². The van der Waals surface area contributed by atoms with E-state index in [0.29, 0.717) is 0 Å². The maximum atomic E-state index is 12.1. The smallest absolute Gasteiger partial charge is 0.330 e. The highest BCUT2D eigenvalue weighted by atomic mass is 19.3. The van der Waals surface area contributed by atoms with Gasteiger partial charge in [0.05, 0.1) is 0 Å². The molecule has 12 heavy (non-hydrogen) atoms. The molecule has 0 aliphatic heterocycles. The van der Waals surface area contributed by atoms with Gasteiger partial charge in [0.2, 0.25) is 0 Å². The Morgan fingerprint density at radius 3 is 2.08 bits per heavy atom. The molecule has 0 saturated heterocycles. The molecule has 0 spiro atoms. The lowest BCUT2D eigenvalue weighted by Crippen LogP contribution is -2.32. The molecule has 0 aliphatic rings. The molecule has 0 fully saturated rings. The minimum absolute atomic E-state index is 0.0680. The van der Waals surface area contributed by atoms with Crippen molar-refractivity contribution in [2.75, 3.05) is 13.2 Å². The highest BCUT2D eigenvalue weighted by molar-refractivity contribution is 4.67. The van der Waals surface area contributed by atoms with Crippen molar-refractivity contribution in [2.45, 2.75) is 26.2 Å². The second-order valence-corrected chi connectivity index (χ2v) is 2.97. The number of ether oxygens (including phenoxy) is 1. The van der Waals surface area contributed by atoms with Crippen LogP contribution in [0.1, 0.15) is 13.8 Å². The molecule has 0 bridgehead atoms. The van der Waals surface area contributed by atoms with E-state index >= 15 is 0 Å². The topological polar surface area (TPSA) is 9.23 Å². The third kappa shape index (κ3) is 4.54. The second kappa shape index (κ2) is 4.64. The van der Waals surface area contributed by atoms with Gasteiger partial charge in [-0.25, -0.2) is 8.78 Å². The van der Waals surface area contributed by atoms with E-state index in [-0.39, 0.29) is 12.5 Å². The van der Waals surface area contributed by atoms with Gasteiger partial charge in [0.1, 0.15) is 6.61 Å². The van der Waals surface area contributed by atoms with Crippen molar-refractivity contribution in [2.24, 2.45) is 5.92 Å². The van der Waals surface area contributed by atoms with Crippen LogP contribution in [0.15, 0.2) is 0 Å². The third-order valence-corrected chi connectivity index (χ3v) is 1.06. The molecule has 0 aromatic rings. The second-order valence-electron chi connectivity index (χ2n) is 2.97. The molecule has 1 nitrogen and oxygen atoms in total. The van der Waals surface area contributed by atoms with Crippen molar-refractivity contribution < 1.29 is 22.3 Å². The van der Waals surface area contributed by atoms with E-state index < -0.39 is 19.0 Å². The average molecular weight is 188 g/mol. The molecule has 0 heterocycles. The van der Waals surface area contributed by atoms with Gasteiger partial charge in [0.25, 0.3) is 0 Å². The van der Waals surface area contributed by atoms with Crippen LogP contribution in [-0.2, 0) is 4.74 Å². The van der Waals surface area contributed by atoms with Crippen LogP contribution in [0.4, 0.5) is 17.6 Å². The molecule has 0 aromatic carbocycles. The molecule has 0 radical (unpaired) electrons. The molecule has 0 unspecified atom stereocenters. The molecule has 0 amide bonds. The van der Waals surface area contributed by atoms with E-state index in [1.165, 1.54) is 0 Å². The minimum Gasteiger partial charge on any atom is -0.375 e. The summed E-state index contributed by atoms with van der Waals surface area (Å²) in [7, 11) is 0. The first-order valence-corrected chi connectivity index (χ1v) is 3.60. The van der Waals surface area contributed by atoms with Gasteiger partial charge >= 0.3 is 12.3 Å². The Morgan fingerprint density at radius 2 is 1.75 bits per heavy atom. The number of halogens is 4. The normalized spacial score (nSPS) is 13.0. The van der Waals surface area contributed by atoms with Crippen LogP contribution in [0, 0.1) is 5.92 Å². The molecule has 0 N–H and O–H groups in total. The summed E-state index contributed by atoms with van der Waals surface area (Å²) >= 11 is 0. The SMILES string of the molecule is CC(C)COCC(F)(F)C(F)F. The van der Waals surface area contributed by atoms with E-state index in [4.69, 9.17) is 0 Å². The van der Waals surface area contributed by atoms with Crippen LogP contribution in [-0.4, -0.2) is 25.6 Å². The Bertz CT molecular complexity index is 125. The van der Waals surface area contributed by atoms with Gasteiger partial charge in [-0.05, 0) is 5.92 Å². The fraction of sp³-hybridized carbons (Fsp3) is 1.00. The molecule has 0 saturated carbocycles. The zero-order valence-corrected chi connectivity index (χ0v) is 6.99. The predicted molar refractivity (Wildman–Crippen MR) is 36.6 cm³/mol.